The van der Waals surface area contributed by atoms with Gasteiger partial charge < -0.3 is 19.2 Å². The summed E-state index contributed by atoms with van der Waals surface area (Å²) in [6.07, 6.45) is 1.07. The summed E-state index contributed by atoms with van der Waals surface area (Å²) in [5.74, 6) is -4.18. The van der Waals surface area contributed by atoms with E-state index in [9.17, 15) is 17.6 Å². The van der Waals surface area contributed by atoms with E-state index in [-0.39, 0.29) is 12.4 Å². The number of rotatable bonds is 5. The van der Waals surface area contributed by atoms with E-state index in [4.69, 9.17) is 16.3 Å². The molecule has 9 nitrogen and oxygen atoms in total. The van der Waals surface area contributed by atoms with Gasteiger partial charge in [-0.25, -0.2) is 13.8 Å². The summed E-state index contributed by atoms with van der Waals surface area (Å²) in [4.78, 5) is 4.32. The molecular formula is C22H19ClF4N8O. The Balaban J connectivity index is 1.45. The second-order valence-electron chi connectivity index (χ2n) is 9.11. The summed E-state index contributed by atoms with van der Waals surface area (Å²) in [5, 5.41) is 15.1. The van der Waals surface area contributed by atoms with E-state index in [0.29, 0.717) is 47.4 Å². The van der Waals surface area contributed by atoms with Gasteiger partial charge in [0, 0.05) is 49.7 Å². The van der Waals surface area contributed by atoms with Gasteiger partial charge in [-0.2, -0.15) is 13.9 Å². The largest absolute Gasteiger partial charge is 0.380 e. The third kappa shape index (κ3) is 3.56. The molecule has 0 unspecified atom stereocenters. The average molecular weight is 523 g/mol. The molecule has 0 saturated carbocycles. The summed E-state index contributed by atoms with van der Waals surface area (Å²) >= 11 is 6.48. The van der Waals surface area contributed by atoms with Gasteiger partial charge in [0.15, 0.2) is 5.82 Å². The number of aromatic nitrogens is 7. The topological polar surface area (TPSA) is 87.6 Å². The maximum atomic E-state index is 14.4. The van der Waals surface area contributed by atoms with Gasteiger partial charge in [0.25, 0.3) is 0 Å². The number of pyridine rings is 1. The van der Waals surface area contributed by atoms with Crippen LogP contribution in [-0.2, 0) is 30.8 Å². The van der Waals surface area contributed by atoms with Crippen LogP contribution in [0.5, 0.6) is 0 Å². The molecule has 0 amide bonds. The predicted octanol–water partition coefficient (Wildman–Crippen LogP) is 4.33. The predicted molar refractivity (Wildman–Crippen MR) is 121 cm³/mol. The zero-order valence-corrected chi connectivity index (χ0v) is 19.6. The third-order valence-electron chi connectivity index (χ3n) is 6.51. The molecule has 0 aliphatic carbocycles. The highest BCUT2D eigenvalue weighted by atomic mass is 35.5. The van der Waals surface area contributed by atoms with Crippen LogP contribution >= 0.6 is 11.6 Å². The number of hydrogen-bond donors (Lipinski definition) is 1. The van der Waals surface area contributed by atoms with Crippen LogP contribution in [0.15, 0.2) is 36.8 Å². The highest BCUT2D eigenvalue weighted by Crippen LogP contribution is 2.43. The Hall–Kier alpha value is -3.45. The van der Waals surface area contributed by atoms with E-state index < -0.39 is 23.6 Å². The number of fused-ring (bicyclic) bond motifs is 3. The molecule has 2 aliphatic heterocycles. The van der Waals surface area contributed by atoms with Crippen LogP contribution in [0.25, 0.3) is 22.6 Å². The number of hydrogen-bond acceptors (Lipinski definition) is 6. The SMILES string of the molecule is Cn1nccc1Nc1cc(-c2cc3n(c2)CC2(COC2)Cn2c-3nnc2C(F)(F)C(F)F)c(Cl)cn1. The van der Waals surface area contributed by atoms with Crippen molar-refractivity contribution in [1.29, 1.82) is 0 Å². The highest BCUT2D eigenvalue weighted by Gasteiger charge is 2.51. The molecular weight excluding hydrogens is 504 g/mol. The van der Waals surface area contributed by atoms with Crippen LogP contribution in [0.1, 0.15) is 5.82 Å². The van der Waals surface area contributed by atoms with Crippen molar-refractivity contribution in [3.63, 3.8) is 0 Å². The number of anilines is 2. The zero-order chi connectivity index (χ0) is 25.2. The number of aryl methyl sites for hydroxylation is 1. The van der Waals surface area contributed by atoms with Crippen molar-refractivity contribution in [1.82, 2.24) is 34.1 Å². The Morgan fingerprint density at radius 2 is 2.00 bits per heavy atom. The van der Waals surface area contributed by atoms with Crippen LogP contribution in [0.2, 0.25) is 5.02 Å². The van der Waals surface area contributed by atoms with E-state index in [1.807, 2.05) is 10.8 Å². The van der Waals surface area contributed by atoms with Crippen LogP contribution in [0.4, 0.5) is 29.2 Å². The van der Waals surface area contributed by atoms with Crippen LogP contribution in [0, 0.1) is 5.41 Å². The van der Waals surface area contributed by atoms with Crippen LogP contribution in [0.3, 0.4) is 0 Å². The first-order valence-electron chi connectivity index (χ1n) is 11.0. The van der Waals surface area contributed by atoms with E-state index in [2.05, 4.69) is 25.6 Å². The number of ether oxygens (including phenoxy) is 1. The van der Waals surface area contributed by atoms with Gasteiger partial charge >= 0.3 is 12.3 Å². The normalized spacial score (nSPS) is 16.5. The van der Waals surface area contributed by atoms with Crippen molar-refractivity contribution in [3.05, 3.63) is 47.6 Å². The fraction of sp³-hybridized carbons (Fsp3) is 0.364. The van der Waals surface area contributed by atoms with Crippen molar-refractivity contribution in [2.45, 2.75) is 25.4 Å². The molecule has 14 heteroatoms. The van der Waals surface area contributed by atoms with Crippen molar-refractivity contribution in [3.8, 4) is 22.6 Å². The van der Waals surface area contributed by atoms with Crippen molar-refractivity contribution in [2.24, 2.45) is 12.5 Å². The smallest absolute Gasteiger partial charge is 0.365 e. The summed E-state index contributed by atoms with van der Waals surface area (Å²) in [7, 11) is 1.78. The molecule has 1 spiro atoms. The standard InChI is InChI=1S/C22H19ClF4N8O/c1-33-17(2-3-29-33)30-16-5-13(14(23)6-28-16)12-4-15-18-31-32-20(22(26,27)19(24)25)35(18)9-21(10-36-11-21)8-34(15)7-12/h2-7,19H,8-11H2,1H3,(H,28,30). The Labute approximate surface area is 206 Å². The van der Waals surface area contributed by atoms with Crippen molar-refractivity contribution in [2.75, 3.05) is 18.5 Å². The first kappa shape index (κ1) is 23.0. The second kappa shape index (κ2) is 8.03. The maximum Gasteiger partial charge on any atom is 0.365 e. The van der Waals surface area contributed by atoms with Gasteiger partial charge in [-0.1, -0.05) is 11.6 Å². The molecule has 2 aliphatic rings. The molecule has 1 fully saturated rings. The lowest BCUT2D eigenvalue weighted by Crippen LogP contribution is -2.48. The highest BCUT2D eigenvalue weighted by molar-refractivity contribution is 6.33. The molecule has 0 atom stereocenters. The minimum absolute atomic E-state index is 0.0404. The molecule has 4 aromatic rings. The monoisotopic (exact) mass is 522 g/mol. The quantitative estimate of drug-likeness (QED) is 0.393. The number of alkyl halides is 4. The van der Waals surface area contributed by atoms with Gasteiger partial charge in [0.1, 0.15) is 11.6 Å². The Morgan fingerprint density at radius 3 is 2.67 bits per heavy atom. The molecule has 6 heterocycles. The average Bonchev–Trinajstić information content (AvgIpc) is 3.51. The molecule has 188 valence electrons. The van der Waals surface area contributed by atoms with Crippen LogP contribution < -0.4 is 5.32 Å². The Bertz CT molecular complexity index is 1460. The maximum absolute atomic E-state index is 14.4. The van der Waals surface area contributed by atoms with E-state index >= 15 is 0 Å². The van der Waals surface area contributed by atoms with E-state index in [1.54, 1.807) is 36.1 Å². The number of nitrogens with zero attached hydrogens (tertiary/aromatic N) is 7. The molecule has 0 radical (unpaired) electrons. The fourth-order valence-electron chi connectivity index (χ4n) is 4.64. The first-order chi connectivity index (χ1) is 17.2. The minimum atomic E-state index is -4.44. The summed E-state index contributed by atoms with van der Waals surface area (Å²) < 4.78 is 65.2. The van der Waals surface area contributed by atoms with Gasteiger partial charge in [-0.05, 0) is 12.1 Å². The third-order valence-corrected chi connectivity index (χ3v) is 6.81. The van der Waals surface area contributed by atoms with Gasteiger partial charge in [-0.3, -0.25) is 4.68 Å². The molecule has 4 aromatic heterocycles. The van der Waals surface area contributed by atoms with Crippen molar-refractivity contribution < 1.29 is 22.3 Å². The minimum Gasteiger partial charge on any atom is -0.380 e. The summed E-state index contributed by atoms with van der Waals surface area (Å²) in [5.41, 5.74) is 1.23. The lowest BCUT2D eigenvalue weighted by atomic mass is 9.85. The van der Waals surface area contributed by atoms with Crippen molar-refractivity contribution >= 4 is 23.2 Å². The number of halogens is 5. The molecule has 36 heavy (non-hydrogen) atoms. The van der Waals surface area contributed by atoms with Gasteiger partial charge in [0.05, 0.1) is 35.5 Å². The molecule has 0 aromatic carbocycles. The van der Waals surface area contributed by atoms with E-state index in [0.717, 1.165) is 10.4 Å². The van der Waals surface area contributed by atoms with Crippen LogP contribution in [-0.4, -0.2) is 53.7 Å². The second-order valence-corrected chi connectivity index (χ2v) is 9.51. The Morgan fingerprint density at radius 1 is 1.19 bits per heavy atom. The Kier molecular flexibility index (Phi) is 5.13. The molecule has 6 rings (SSSR count). The zero-order valence-electron chi connectivity index (χ0n) is 18.8. The summed E-state index contributed by atoms with van der Waals surface area (Å²) in [6, 6.07) is 5.28. The summed E-state index contributed by atoms with van der Waals surface area (Å²) in [6.45, 7) is 1.06. The fourth-order valence-corrected chi connectivity index (χ4v) is 4.85. The van der Waals surface area contributed by atoms with E-state index in [1.165, 1.54) is 6.20 Å². The molecule has 1 saturated heterocycles. The van der Waals surface area contributed by atoms with Gasteiger partial charge in [0.2, 0.25) is 5.82 Å². The first-order valence-corrected chi connectivity index (χ1v) is 11.3. The lowest BCUT2D eigenvalue weighted by Gasteiger charge is -2.41. The molecule has 0 bridgehead atoms. The lowest BCUT2D eigenvalue weighted by molar-refractivity contribution is -0.150. The number of nitrogens with one attached hydrogen (secondary N) is 1. The molecule has 1 N–H and O–H groups in total. The van der Waals surface area contributed by atoms with Gasteiger partial charge in [-0.15, -0.1) is 10.2 Å².